The maximum atomic E-state index is 6.46. The summed E-state index contributed by atoms with van der Waals surface area (Å²) >= 11 is 0. The molecule has 1 aromatic heterocycles. The largest absolute Gasteiger partial charge is 0.455 e. The van der Waals surface area contributed by atoms with E-state index in [9.17, 15) is 0 Å². The van der Waals surface area contributed by atoms with Gasteiger partial charge in [0.1, 0.15) is 19.0 Å². The minimum absolute atomic E-state index is 0.761. The van der Waals surface area contributed by atoms with Gasteiger partial charge >= 0.3 is 0 Å². The molecule has 0 aliphatic carbocycles. The zero-order chi connectivity index (χ0) is 17.3. The summed E-state index contributed by atoms with van der Waals surface area (Å²) in [7, 11) is 6.46. The van der Waals surface area contributed by atoms with Crippen LogP contribution in [0.5, 0.6) is 0 Å². The first-order chi connectivity index (χ1) is 12.8. The molecule has 0 saturated carbocycles. The molecule has 0 atom stereocenters. The zero-order valence-electron chi connectivity index (χ0n) is 14.0. The Morgan fingerprint density at radius 2 is 1.27 bits per heavy atom. The highest BCUT2D eigenvalue weighted by atomic mass is 16.3. The maximum Gasteiger partial charge on any atom is 0.143 e. The van der Waals surface area contributed by atoms with Crippen molar-refractivity contribution in [3.8, 4) is 0 Å². The van der Waals surface area contributed by atoms with Gasteiger partial charge in [-0.25, -0.2) is 0 Å². The second-order valence-electron chi connectivity index (χ2n) is 6.85. The summed E-state index contributed by atoms with van der Waals surface area (Å²) in [5.74, 6) is 0. The highest BCUT2D eigenvalue weighted by Crippen LogP contribution is 2.37. The lowest BCUT2D eigenvalue weighted by Gasteiger charge is -2.07. The number of benzene rings is 5. The number of rotatable bonds is 0. The summed E-state index contributed by atoms with van der Waals surface area (Å²) in [6.45, 7) is 0. The lowest BCUT2D eigenvalue weighted by atomic mass is 9.87. The van der Waals surface area contributed by atoms with Gasteiger partial charge in [0.25, 0.3) is 0 Å². The summed E-state index contributed by atoms with van der Waals surface area (Å²) in [4.78, 5) is 0. The fourth-order valence-electron chi connectivity index (χ4n) is 4.15. The minimum atomic E-state index is 0.761. The van der Waals surface area contributed by atoms with E-state index in [4.69, 9.17) is 12.3 Å². The Morgan fingerprint density at radius 1 is 0.577 bits per heavy atom. The first kappa shape index (κ1) is 14.0. The van der Waals surface area contributed by atoms with Crippen molar-refractivity contribution in [2.75, 3.05) is 0 Å². The van der Waals surface area contributed by atoms with E-state index in [0.717, 1.165) is 38.2 Å². The fourth-order valence-corrected chi connectivity index (χ4v) is 4.15. The van der Waals surface area contributed by atoms with E-state index in [1.807, 2.05) is 6.07 Å². The molecular weight excluding hydrogens is 315 g/mol. The van der Waals surface area contributed by atoms with Crippen LogP contribution in [-0.4, -0.2) is 7.85 Å². The second kappa shape index (κ2) is 4.89. The Kier molecular flexibility index (Phi) is 2.63. The van der Waals surface area contributed by atoms with Gasteiger partial charge in [-0.3, -0.25) is 0 Å². The van der Waals surface area contributed by atoms with Gasteiger partial charge in [0.2, 0.25) is 0 Å². The van der Waals surface area contributed by atoms with E-state index in [1.165, 1.54) is 21.5 Å². The average Bonchev–Trinajstić information content (AvgIpc) is 3.04. The van der Waals surface area contributed by atoms with Crippen LogP contribution < -0.4 is 5.46 Å². The van der Waals surface area contributed by atoms with E-state index in [0.29, 0.717) is 0 Å². The molecule has 6 rings (SSSR count). The van der Waals surface area contributed by atoms with E-state index < -0.39 is 0 Å². The monoisotopic (exact) mass is 328 g/mol. The molecule has 2 radical (unpaired) electrons. The summed E-state index contributed by atoms with van der Waals surface area (Å²) in [5.41, 5.74) is 2.52. The Morgan fingerprint density at radius 3 is 2.12 bits per heavy atom. The quantitative estimate of drug-likeness (QED) is 0.252. The van der Waals surface area contributed by atoms with Crippen molar-refractivity contribution in [3.63, 3.8) is 0 Å². The molecule has 0 unspecified atom stereocenters. The topological polar surface area (TPSA) is 13.1 Å². The van der Waals surface area contributed by atoms with Crippen molar-refractivity contribution in [3.05, 3.63) is 78.9 Å². The van der Waals surface area contributed by atoms with Crippen molar-refractivity contribution in [2.45, 2.75) is 0 Å². The Balaban J connectivity index is 1.92. The third-order valence-corrected chi connectivity index (χ3v) is 5.34. The van der Waals surface area contributed by atoms with Crippen LogP contribution in [0.3, 0.4) is 0 Å². The molecular formula is C24H13BO. The van der Waals surface area contributed by atoms with Gasteiger partial charge in [-0.2, -0.15) is 0 Å². The van der Waals surface area contributed by atoms with Crippen LogP contribution in [0.2, 0.25) is 0 Å². The molecule has 0 N–H and O–H groups in total. The first-order valence-corrected chi connectivity index (χ1v) is 8.74. The van der Waals surface area contributed by atoms with Crippen molar-refractivity contribution in [1.29, 1.82) is 0 Å². The van der Waals surface area contributed by atoms with Crippen LogP contribution in [-0.2, 0) is 0 Å². The lowest BCUT2D eigenvalue weighted by molar-refractivity contribution is 0.673. The van der Waals surface area contributed by atoms with Crippen LogP contribution in [0.25, 0.3) is 54.3 Å². The SMILES string of the molecule is [B]c1cc2ccc3ccccc3c2c2oc3cc4ccccc4cc3c12. The van der Waals surface area contributed by atoms with Crippen LogP contribution in [0.4, 0.5) is 0 Å². The van der Waals surface area contributed by atoms with Gasteiger partial charge in [-0.15, -0.1) is 0 Å². The third kappa shape index (κ3) is 1.76. The molecule has 5 aromatic carbocycles. The number of hydrogen-bond donors (Lipinski definition) is 0. The molecule has 6 aromatic rings. The standard InChI is InChI=1S/C24H13BO/c25-20-12-17-10-9-14-5-3-4-8-18(14)22(17)24-23(20)19-11-15-6-1-2-7-16(15)13-21(19)26-24/h1-13H. The van der Waals surface area contributed by atoms with Gasteiger partial charge < -0.3 is 4.42 Å². The average molecular weight is 328 g/mol. The van der Waals surface area contributed by atoms with Crippen LogP contribution in [0.1, 0.15) is 0 Å². The summed E-state index contributed by atoms with van der Waals surface area (Å²) in [6, 6.07) is 27.4. The number of fused-ring (bicyclic) bond motifs is 8. The summed E-state index contributed by atoms with van der Waals surface area (Å²) in [5, 5.41) is 9.09. The van der Waals surface area contributed by atoms with Crippen molar-refractivity contribution < 1.29 is 4.42 Å². The number of furan rings is 1. The fraction of sp³-hybridized carbons (Fsp3) is 0. The molecule has 1 nitrogen and oxygen atoms in total. The molecule has 0 aliphatic rings. The molecule has 0 fully saturated rings. The molecule has 26 heavy (non-hydrogen) atoms. The third-order valence-electron chi connectivity index (χ3n) is 5.34. The van der Waals surface area contributed by atoms with Gasteiger partial charge in [0, 0.05) is 16.2 Å². The maximum absolute atomic E-state index is 6.46. The first-order valence-electron chi connectivity index (χ1n) is 8.74. The van der Waals surface area contributed by atoms with Crippen molar-refractivity contribution in [2.24, 2.45) is 0 Å². The highest BCUT2D eigenvalue weighted by molar-refractivity contribution is 6.44. The Bertz CT molecular complexity index is 1490. The molecule has 0 saturated heterocycles. The van der Waals surface area contributed by atoms with Gasteiger partial charge in [-0.05, 0) is 39.1 Å². The van der Waals surface area contributed by atoms with Gasteiger partial charge in [0.05, 0.1) is 0 Å². The van der Waals surface area contributed by atoms with E-state index in [-0.39, 0.29) is 0 Å². The molecule has 0 bridgehead atoms. The Hall–Kier alpha value is -3.26. The molecule has 0 aliphatic heterocycles. The molecule has 2 heteroatoms. The summed E-state index contributed by atoms with van der Waals surface area (Å²) in [6.07, 6.45) is 0. The van der Waals surface area contributed by atoms with Crippen LogP contribution in [0.15, 0.2) is 83.3 Å². The van der Waals surface area contributed by atoms with E-state index in [1.54, 1.807) is 0 Å². The van der Waals surface area contributed by atoms with Crippen LogP contribution >= 0.6 is 0 Å². The molecule has 118 valence electrons. The number of hydrogen-bond acceptors (Lipinski definition) is 1. The molecule has 0 spiro atoms. The lowest BCUT2D eigenvalue weighted by Crippen LogP contribution is -2.02. The zero-order valence-corrected chi connectivity index (χ0v) is 14.0. The minimum Gasteiger partial charge on any atom is -0.455 e. The highest BCUT2D eigenvalue weighted by Gasteiger charge is 2.15. The second-order valence-corrected chi connectivity index (χ2v) is 6.85. The predicted molar refractivity (Wildman–Crippen MR) is 112 cm³/mol. The van der Waals surface area contributed by atoms with Gasteiger partial charge in [-0.1, -0.05) is 72.2 Å². The van der Waals surface area contributed by atoms with Crippen LogP contribution in [0, 0.1) is 0 Å². The normalized spacial score (nSPS) is 12.0. The Labute approximate surface area is 151 Å². The molecule has 1 heterocycles. The summed E-state index contributed by atoms with van der Waals surface area (Å²) < 4.78 is 6.38. The van der Waals surface area contributed by atoms with Gasteiger partial charge in [0.15, 0.2) is 0 Å². The predicted octanol–water partition coefficient (Wildman–Crippen LogP) is 5.84. The van der Waals surface area contributed by atoms with E-state index >= 15 is 0 Å². The van der Waals surface area contributed by atoms with Crippen molar-refractivity contribution in [1.82, 2.24) is 0 Å². The van der Waals surface area contributed by atoms with E-state index in [2.05, 4.69) is 72.8 Å². The molecule has 0 amide bonds. The van der Waals surface area contributed by atoms with Crippen molar-refractivity contribution >= 4 is 67.6 Å². The smallest absolute Gasteiger partial charge is 0.143 e.